The number of rotatable bonds is 7. The number of cyclic esters (lactones) is 1. The molecule has 5 saturated heterocycles. The van der Waals surface area contributed by atoms with Crippen LogP contribution in [-0.4, -0.2) is 106 Å². The molecule has 15 fully saturated rings. The number of allylic oxidation sites excluding steroid dienone is 5. The van der Waals surface area contributed by atoms with Crippen LogP contribution in [0, 0.1) is 151 Å². The number of ketones is 1. The molecule has 10 saturated carbocycles. The second kappa shape index (κ2) is 19.5. The average Bonchev–Trinajstić information content (AvgIpc) is 1.40. The van der Waals surface area contributed by atoms with Gasteiger partial charge in [-0.05, 0) is 245 Å². The topological polar surface area (TPSA) is 181 Å². The van der Waals surface area contributed by atoms with Crippen molar-refractivity contribution in [2.75, 3.05) is 26.4 Å². The van der Waals surface area contributed by atoms with E-state index in [9.17, 15) is 10.2 Å². The number of aryl methyl sites for hydroxylation is 1. The third-order valence-electron chi connectivity index (χ3n) is 35.5. The van der Waals surface area contributed by atoms with Gasteiger partial charge in [-0.3, -0.25) is 14.9 Å². The second-order valence-electron chi connectivity index (χ2n) is 37.9. The maximum Gasteiger partial charge on any atom is 0.339 e. The molecule has 9 spiro atoms. The molecule has 516 valence electrons. The molecule has 8 heterocycles. The van der Waals surface area contributed by atoms with Crippen molar-refractivity contribution in [3.05, 3.63) is 107 Å². The van der Waals surface area contributed by atoms with E-state index < -0.39 is 97.9 Å². The van der Waals surface area contributed by atoms with Gasteiger partial charge < -0.3 is 43.6 Å². The number of Topliss-reactive ketones (excluding diaryl/α,β-unsaturated/α-hetero) is 1. The van der Waals surface area contributed by atoms with Crippen molar-refractivity contribution in [2.24, 2.45) is 139 Å². The number of carbonyl (C=O) groups is 3. The Morgan fingerprint density at radius 2 is 1.74 bits per heavy atom. The predicted molar refractivity (Wildman–Crippen MR) is 360 cm³/mol. The fraction of sp³-hybridized carbons (Fsp3) is 0.729. The summed E-state index contributed by atoms with van der Waals surface area (Å²) in [6.45, 7) is 3.88. The van der Waals surface area contributed by atoms with Gasteiger partial charge in [0.15, 0.2) is 17.5 Å². The quantitative estimate of drug-likeness (QED) is 0.0891. The highest BCUT2D eigenvalue weighted by Gasteiger charge is 3.01. The summed E-state index contributed by atoms with van der Waals surface area (Å²) in [7, 11) is 0. The Morgan fingerprint density at radius 1 is 0.857 bits per heavy atom. The van der Waals surface area contributed by atoms with Gasteiger partial charge in [-0.25, -0.2) is 4.79 Å². The van der Waals surface area contributed by atoms with E-state index in [0.29, 0.717) is 79.9 Å². The van der Waals surface area contributed by atoms with E-state index in [-0.39, 0.29) is 83.1 Å². The highest BCUT2D eigenvalue weighted by atomic mass is 16.7. The largest absolute Gasteiger partial charge is 0.469 e. The maximum atomic E-state index is 18.5. The lowest BCUT2D eigenvalue weighted by atomic mass is 9.28. The highest BCUT2D eigenvalue weighted by molar-refractivity contribution is 5.94. The molecule has 13 heteroatoms. The zero-order chi connectivity index (χ0) is 65.3. The third kappa shape index (κ3) is 6.52. The number of epoxide rings is 1. The molecule has 0 radical (unpaired) electrons. The van der Waals surface area contributed by atoms with E-state index in [1.54, 1.807) is 0 Å². The molecule has 4 N–H and O–H groups in total. The van der Waals surface area contributed by atoms with E-state index in [1.165, 1.54) is 43.2 Å². The minimum atomic E-state index is -1.57. The van der Waals surface area contributed by atoms with Gasteiger partial charge in [0, 0.05) is 52.7 Å². The first-order valence-corrected chi connectivity index (χ1v) is 39.8. The number of benzene rings is 1. The zero-order valence-electron chi connectivity index (χ0n) is 57.3. The van der Waals surface area contributed by atoms with Crippen molar-refractivity contribution in [2.45, 2.75) is 214 Å². The molecule has 14 aliphatic carbocycles. The van der Waals surface area contributed by atoms with E-state index in [4.69, 9.17) is 23.4 Å². The zero-order valence-corrected chi connectivity index (χ0v) is 57.3. The van der Waals surface area contributed by atoms with Crippen LogP contribution in [0.3, 0.4) is 0 Å². The van der Waals surface area contributed by atoms with Crippen LogP contribution in [0.25, 0.3) is 0 Å². The summed E-state index contributed by atoms with van der Waals surface area (Å²) in [6, 6.07) is 11.3. The minimum Gasteiger partial charge on any atom is -0.469 e. The number of fused-ring (bicyclic) bond motifs is 7. The van der Waals surface area contributed by atoms with Crippen LogP contribution < -0.4 is 5.32 Å². The Balaban J connectivity index is 0.771. The number of hydrogen-bond donors (Lipinski definition) is 4. The summed E-state index contributed by atoms with van der Waals surface area (Å²) in [6.07, 6.45) is 38.7. The summed E-state index contributed by atoms with van der Waals surface area (Å²) in [5.74, 6) is 7.45. The van der Waals surface area contributed by atoms with Gasteiger partial charge in [0.05, 0.1) is 54.4 Å². The first-order chi connectivity index (χ1) is 47.7. The van der Waals surface area contributed by atoms with Gasteiger partial charge in [0.2, 0.25) is 0 Å². The van der Waals surface area contributed by atoms with Gasteiger partial charge in [0.1, 0.15) is 29.7 Å². The standard InChI is InChI=1S/C85H100N2O11/c1-76-37-53-38-78-43-77(26-5-6-27-77)39-57(78)34-56-35-66-79-28-23-48-11-7-13-58(48)61(79)14-8-12-54(79)24-29-81(66)70-68(90)72(91)82(69(53)80(70)44-95-74(92)71(78)84(56,80)98-81)62-32-47(31-46-9-3-2-4-10-46)15-16-49(62)17-20-55-21-18-52-42-94-65(67(52)83(55,76)97-75(93)73-85(76,82)96-73)36-60(64(89)41-88)50-19-22-59-51(33-50)25-30-87-45-86-40-63(59)87/h2-4,8-10,12,23,25,28,30,35,42,47-51,53-55,57-64,66,69-73,86,88-89,91H,5-7,11,13-16,18-19,21-22,24,26-27,29,31-34,36-41,43-45H2,1H3/t47-,48-,49-,50-,51-,53-,54+,55-,57+,58-,59+,60+,61-,62+,63-,64-,66+,69-,70+,71-,72-,73-,76+,78-,79-,80-,81+,82+,83+,84+,85-/m1/s1. The first-order valence-electron chi connectivity index (χ1n) is 39.8. The van der Waals surface area contributed by atoms with Crippen molar-refractivity contribution in [3.63, 3.8) is 0 Å². The van der Waals surface area contributed by atoms with Crippen molar-refractivity contribution in [1.82, 2.24) is 10.2 Å². The molecule has 98 heavy (non-hydrogen) atoms. The van der Waals surface area contributed by atoms with Gasteiger partial charge in [-0.1, -0.05) is 105 Å². The molecule has 1 aromatic heterocycles. The molecule has 0 unspecified atom stereocenters. The van der Waals surface area contributed by atoms with Gasteiger partial charge >= 0.3 is 11.9 Å². The molecule has 2 aromatic rings. The van der Waals surface area contributed by atoms with Crippen LogP contribution in [-0.2, 0) is 58.2 Å². The maximum absolute atomic E-state index is 18.5. The number of aliphatic hydroxyl groups is 3. The number of esters is 2. The Kier molecular flexibility index (Phi) is 11.9. The number of hydrogen-bond acceptors (Lipinski definition) is 13. The van der Waals surface area contributed by atoms with Gasteiger partial charge in [-0.2, -0.15) is 0 Å². The Bertz CT molecular complexity index is 4020. The fourth-order valence-electron chi connectivity index (χ4n) is 33.2. The number of carbonyl (C=O) groups excluding carboxylic acids is 3. The van der Waals surface area contributed by atoms with E-state index in [1.807, 2.05) is 6.26 Å². The van der Waals surface area contributed by atoms with Crippen molar-refractivity contribution in [1.29, 1.82) is 0 Å². The van der Waals surface area contributed by atoms with Crippen LogP contribution in [0.5, 0.6) is 0 Å². The van der Waals surface area contributed by atoms with Crippen LogP contribution in [0.4, 0.5) is 0 Å². The normalized spacial score (nSPS) is 54.2. The first kappa shape index (κ1) is 59.7. The summed E-state index contributed by atoms with van der Waals surface area (Å²) < 4.78 is 39.4. The van der Waals surface area contributed by atoms with Crippen molar-refractivity contribution >= 4 is 17.7 Å². The lowest BCUT2D eigenvalue weighted by Gasteiger charge is -2.74. The molecule has 31 atom stereocenters. The van der Waals surface area contributed by atoms with Crippen LogP contribution in [0.1, 0.15) is 171 Å². The lowest BCUT2D eigenvalue weighted by Crippen LogP contribution is -2.84. The Labute approximate surface area is 576 Å². The number of nitrogens with zero attached hydrogens (tertiary/aromatic N) is 1. The molecule has 23 rings (SSSR count). The molecule has 13 nitrogen and oxygen atoms in total. The van der Waals surface area contributed by atoms with Crippen LogP contribution in [0.2, 0.25) is 0 Å². The van der Waals surface area contributed by atoms with Crippen molar-refractivity contribution < 1.29 is 53.1 Å². The fourth-order valence-corrected chi connectivity index (χ4v) is 33.2. The molecule has 0 amide bonds. The third-order valence-corrected chi connectivity index (χ3v) is 35.5. The number of ether oxygens (including phenoxy) is 4. The van der Waals surface area contributed by atoms with Gasteiger partial charge in [-0.15, -0.1) is 0 Å². The predicted octanol–water partition coefficient (Wildman–Crippen LogP) is 11.5. The second-order valence-corrected chi connectivity index (χ2v) is 37.9. The summed E-state index contributed by atoms with van der Waals surface area (Å²) in [5, 5.41) is 42.8. The molecule has 9 bridgehead atoms. The van der Waals surface area contributed by atoms with Crippen LogP contribution >= 0.6 is 0 Å². The average molecular weight is 1330 g/mol. The summed E-state index contributed by atoms with van der Waals surface area (Å²) >= 11 is 0. The Hall–Kier alpha value is -4.81. The van der Waals surface area contributed by atoms with Crippen LogP contribution in [0.15, 0.2) is 89.2 Å². The van der Waals surface area contributed by atoms with E-state index in [2.05, 4.69) is 102 Å². The number of nitrogens with one attached hydrogen (secondary N) is 1. The molecule has 1 aromatic carbocycles. The monoisotopic (exact) mass is 1320 g/mol. The Morgan fingerprint density at radius 3 is 2.62 bits per heavy atom. The number of furan rings is 1. The summed E-state index contributed by atoms with van der Waals surface area (Å²) in [4.78, 5) is 54.3. The number of aliphatic hydroxyl groups excluding tert-OH is 3. The molecule has 7 aliphatic heterocycles. The highest BCUT2D eigenvalue weighted by Crippen LogP contribution is 2.93. The molecular formula is C85H100N2O11. The minimum absolute atomic E-state index is 0.0392. The molecule has 21 aliphatic rings. The van der Waals surface area contributed by atoms with E-state index >= 15 is 19.5 Å². The van der Waals surface area contributed by atoms with Crippen molar-refractivity contribution in [3.8, 4) is 11.8 Å². The van der Waals surface area contributed by atoms with E-state index in [0.717, 1.165) is 114 Å². The smallest absolute Gasteiger partial charge is 0.339 e. The van der Waals surface area contributed by atoms with Gasteiger partial charge in [0.25, 0.3) is 0 Å². The molecular weight excluding hydrogens is 1220 g/mol. The summed E-state index contributed by atoms with van der Waals surface area (Å²) in [5.41, 5.74) is -5.27. The lowest BCUT2D eigenvalue weighted by molar-refractivity contribution is -0.320. The SMILES string of the molecule is C[C@]12C[C@@H]3C[C@@]45CC6(CCCC6)C[C@@H]4CC4=C[C@@H]6[C@]7(CC[C@@H]8C=CC[C@@H]9[C@@H]%10CCC[C@@H]%10C=C[C@@]968)O[C@]46[C@@H]5C(=O)OC[C@@]64[C@@H]7C(=O)[C@@H](O)[C@@]5([C@H]34)[C@H]3C[C@@H](Cc4ccccc4)CC[C@@H]3C#C[C@@H]3CCc4coc(C[C@@H]([C@@H]6CC[C@H]7[C@H](C=CN8CNC[C@H]78)C6)[C@H](O)CO)c4[C@@]31OC(=O)[C@H]1O[C@@]152.